The van der Waals surface area contributed by atoms with Crippen molar-refractivity contribution in [3.63, 3.8) is 0 Å². The van der Waals surface area contributed by atoms with Gasteiger partial charge in [-0.3, -0.25) is 14.2 Å². The van der Waals surface area contributed by atoms with Gasteiger partial charge in [-0.05, 0) is 36.4 Å². The Morgan fingerprint density at radius 1 is 1.10 bits per heavy atom. The Bertz CT molecular complexity index is 1250. The van der Waals surface area contributed by atoms with Gasteiger partial charge in [-0.1, -0.05) is 23.9 Å². The third kappa shape index (κ3) is 4.41. The van der Waals surface area contributed by atoms with Crippen molar-refractivity contribution >= 4 is 34.3 Å². The molecule has 30 heavy (non-hydrogen) atoms. The van der Waals surface area contributed by atoms with E-state index in [-0.39, 0.29) is 23.5 Å². The molecular formula is C21H15F2N3O3S. The summed E-state index contributed by atoms with van der Waals surface area (Å²) in [5, 5.41) is 3.22. The standard InChI is InChI=1S/C21H15F2N3O3S/c22-13-8-14(23)10-15(9-13)24-19(27)12-30-21-25-18-6-2-1-5-17(18)20(28)26(21)11-16-4-3-7-29-16/h1-10H,11-12H2,(H,24,27). The highest BCUT2D eigenvalue weighted by atomic mass is 32.2. The SMILES string of the molecule is O=C(CSc1nc2ccccc2c(=O)n1Cc1ccco1)Nc1cc(F)cc(F)c1. The Hall–Kier alpha value is -3.46. The summed E-state index contributed by atoms with van der Waals surface area (Å²) in [4.78, 5) is 29.8. The number of halogens is 2. The lowest BCUT2D eigenvalue weighted by atomic mass is 10.2. The van der Waals surface area contributed by atoms with Gasteiger partial charge in [0.05, 0.1) is 29.5 Å². The first kappa shape index (κ1) is 19.8. The van der Waals surface area contributed by atoms with Gasteiger partial charge in [0.25, 0.3) is 5.56 Å². The van der Waals surface area contributed by atoms with Crippen LogP contribution in [0, 0.1) is 11.6 Å². The van der Waals surface area contributed by atoms with Gasteiger partial charge in [-0.15, -0.1) is 0 Å². The molecule has 2 heterocycles. The number of nitrogens with zero attached hydrogens (tertiary/aromatic N) is 2. The maximum absolute atomic E-state index is 13.3. The molecule has 0 bridgehead atoms. The van der Waals surface area contributed by atoms with E-state index in [0.717, 1.165) is 30.0 Å². The van der Waals surface area contributed by atoms with Crippen LogP contribution >= 0.6 is 11.8 Å². The number of hydrogen-bond donors (Lipinski definition) is 1. The van der Waals surface area contributed by atoms with Gasteiger partial charge in [0.2, 0.25) is 5.91 Å². The molecule has 0 unspecified atom stereocenters. The first-order valence-corrected chi connectivity index (χ1v) is 9.89. The van der Waals surface area contributed by atoms with E-state index in [9.17, 15) is 18.4 Å². The fourth-order valence-corrected chi connectivity index (χ4v) is 3.71. The summed E-state index contributed by atoms with van der Waals surface area (Å²) in [6.45, 7) is 0.155. The molecule has 9 heteroatoms. The lowest BCUT2D eigenvalue weighted by Crippen LogP contribution is -2.24. The average molecular weight is 427 g/mol. The lowest BCUT2D eigenvalue weighted by Gasteiger charge is -2.12. The van der Waals surface area contributed by atoms with Crippen LogP contribution in [0.25, 0.3) is 10.9 Å². The summed E-state index contributed by atoms with van der Waals surface area (Å²) in [7, 11) is 0. The second-order valence-corrected chi connectivity index (χ2v) is 7.32. The molecule has 0 aliphatic heterocycles. The fraction of sp³-hybridized carbons (Fsp3) is 0.0952. The van der Waals surface area contributed by atoms with Crippen LogP contribution in [0.2, 0.25) is 0 Å². The summed E-state index contributed by atoms with van der Waals surface area (Å²) in [5.74, 6) is -1.61. The Labute approximate surface area is 173 Å². The molecule has 0 radical (unpaired) electrons. The van der Waals surface area contributed by atoms with E-state index < -0.39 is 17.5 Å². The zero-order valence-electron chi connectivity index (χ0n) is 15.5. The van der Waals surface area contributed by atoms with Gasteiger partial charge < -0.3 is 9.73 Å². The molecule has 2 aromatic carbocycles. The van der Waals surface area contributed by atoms with E-state index in [4.69, 9.17) is 4.42 Å². The number of carbonyl (C=O) groups excluding carboxylic acids is 1. The third-order valence-corrected chi connectivity index (χ3v) is 5.18. The van der Waals surface area contributed by atoms with Crippen molar-refractivity contribution in [1.29, 1.82) is 0 Å². The normalized spacial score (nSPS) is 11.0. The predicted molar refractivity (Wildman–Crippen MR) is 110 cm³/mol. The van der Waals surface area contributed by atoms with Crippen LogP contribution in [0.15, 0.2) is 75.2 Å². The van der Waals surface area contributed by atoms with Crippen LogP contribution in [0.4, 0.5) is 14.5 Å². The van der Waals surface area contributed by atoms with E-state index in [1.807, 2.05) is 0 Å². The van der Waals surface area contributed by atoms with Crippen molar-refractivity contribution < 1.29 is 18.0 Å². The van der Waals surface area contributed by atoms with E-state index in [1.54, 1.807) is 36.4 Å². The molecule has 2 aromatic heterocycles. The van der Waals surface area contributed by atoms with Gasteiger partial charge in [-0.25, -0.2) is 13.8 Å². The molecule has 6 nitrogen and oxygen atoms in total. The van der Waals surface area contributed by atoms with Crippen LogP contribution in [-0.4, -0.2) is 21.2 Å². The van der Waals surface area contributed by atoms with Crippen LogP contribution < -0.4 is 10.9 Å². The Balaban J connectivity index is 1.59. The maximum atomic E-state index is 13.3. The fourth-order valence-electron chi connectivity index (χ4n) is 2.91. The quantitative estimate of drug-likeness (QED) is 0.371. The topological polar surface area (TPSA) is 77.1 Å². The molecule has 0 saturated heterocycles. The van der Waals surface area contributed by atoms with E-state index in [1.165, 1.54) is 10.8 Å². The number of amides is 1. The summed E-state index contributed by atoms with van der Waals surface area (Å²) in [6, 6.07) is 13.1. The zero-order chi connectivity index (χ0) is 21.1. The lowest BCUT2D eigenvalue weighted by molar-refractivity contribution is -0.113. The van der Waals surface area contributed by atoms with Crippen molar-refractivity contribution in [3.8, 4) is 0 Å². The smallest absolute Gasteiger partial charge is 0.262 e. The van der Waals surface area contributed by atoms with Crippen LogP contribution in [0.1, 0.15) is 5.76 Å². The number of nitrogens with one attached hydrogen (secondary N) is 1. The van der Waals surface area contributed by atoms with Gasteiger partial charge in [0.15, 0.2) is 5.16 Å². The minimum absolute atomic E-state index is 0.0116. The van der Waals surface area contributed by atoms with Gasteiger partial charge in [0, 0.05) is 11.8 Å². The highest BCUT2D eigenvalue weighted by molar-refractivity contribution is 7.99. The number of thioether (sulfide) groups is 1. The molecule has 0 spiro atoms. The second-order valence-electron chi connectivity index (χ2n) is 6.38. The maximum Gasteiger partial charge on any atom is 0.262 e. The molecule has 0 saturated carbocycles. The monoisotopic (exact) mass is 427 g/mol. The Kier molecular flexibility index (Phi) is 5.62. The number of anilines is 1. The summed E-state index contributed by atoms with van der Waals surface area (Å²) < 4.78 is 33.4. The van der Waals surface area contributed by atoms with Crippen molar-refractivity contribution in [3.05, 3.63) is 88.6 Å². The molecule has 0 atom stereocenters. The first-order valence-electron chi connectivity index (χ1n) is 8.90. The number of hydrogen-bond acceptors (Lipinski definition) is 5. The predicted octanol–water partition coefficient (Wildman–Crippen LogP) is 4.05. The second kappa shape index (κ2) is 8.50. The van der Waals surface area contributed by atoms with Crippen LogP contribution in [0.3, 0.4) is 0 Å². The number of furan rings is 1. The van der Waals surface area contributed by atoms with Crippen LogP contribution in [0.5, 0.6) is 0 Å². The number of rotatable bonds is 6. The molecule has 4 rings (SSSR count). The van der Waals surface area contributed by atoms with Crippen LogP contribution in [-0.2, 0) is 11.3 Å². The minimum atomic E-state index is -0.790. The van der Waals surface area contributed by atoms with Gasteiger partial charge in [-0.2, -0.15) is 0 Å². The number of aromatic nitrogens is 2. The van der Waals surface area contributed by atoms with E-state index in [2.05, 4.69) is 10.3 Å². The summed E-state index contributed by atoms with van der Waals surface area (Å²) in [5.41, 5.74) is 0.262. The highest BCUT2D eigenvalue weighted by Gasteiger charge is 2.15. The average Bonchev–Trinajstić information content (AvgIpc) is 3.21. The van der Waals surface area contributed by atoms with Gasteiger partial charge >= 0.3 is 0 Å². The minimum Gasteiger partial charge on any atom is -0.467 e. The number of fused-ring (bicyclic) bond motifs is 1. The zero-order valence-corrected chi connectivity index (χ0v) is 16.3. The molecule has 152 valence electrons. The van der Waals surface area contributed by atoms with Crippen molar-refractivity contribution in [2.24, 2.45) is 0 Å². The Morgan fingerprint density at radius 3 is 2.60 bits per heavy atom. The highest BCUT2D eigenvalue weighted by Crippen LogP contribution is 2.20. The first-order chi connectivity index (χ1) is 14.5. The molecule has 1 N–H and O–H groups in total. The molecule has 0 aliphatic rings. The Morgan fingerprint density at radius 2 is 1.87 bits per heavy atom. The largest absolute Gasteiger partial charge is 0.467 e. The summed E-state index contributed by atoms with van der Waals surface area (Å²) in [6.07, 6.45) is 1.51. The van der Waals surface area contributed by atoms with Gasteiger partial charge in [0.1, 0.15) is 17.4 Å². The van der Waals surface area contributed by atoms with Crippen molar-refractivity contribution in [1.82, 2.24) is 9.55 Å². The number of carbonyl (C=O) groups is 1. The molecule has 4 aromatic rings. The molecular weight excluding hydrogens is 412 g/mol. The summed E-state index contributed by atoms with van der Waals surface area (Å²) >= 11 is 1.04. The van der Waals surface area contributed by atoms with Crippen molar-refractivity contribution in [2.45, 2.75) is 11.7 Å². The number of para-hydroxylation sites is 1. The molecule has 1 amide bonds. The number of benzene rings is 2. The van der Waals surface area contributed by atoms with Crippen molar-refractivity contribution in [2.75, 3.05) is 11.1 Å². The van der Waals surface area contributed by atoms with E-state index in [0.29, 0.717) is 21.8 Å². The molecule has 0 fully saturated rings. The molecule has 0 aliphatic carbocycles. The van der Waals surface area contributed by atoms with E-state index >= 15 is 0 Å². The third-order valence-electron chi connectivity index (χ3n) is 4.20.